The van der Waals surface area contributed by atoms with Crippen LogP contribution in [0.3, 0.4) is 0 Å². The summed E-state index contributed by atoms with van der Waals surface area (Å²) in [6, 6.07) is 11.2. The van der Waals surface area contributed by atoms with Gasteiger partial charge in [-0.2, -0.15) is 4.72 Å². The van der Waals surface area contributed by atoms with Crippen LogP contribution in [0.25, 0.3) is 10.9 Å². The molecule has 13 heteroatoms. The molecule has 6 N–H and O–H groups in total. The van der Waals surface area contributed by atoms with E-state index in [0.29, 0.717) is 13.1 Å². The number of guanidine groups is 1. The van der Waals surface area contributed by atoms with Gasteiger partial charge in [0.05, 0.1) is 4.92 Å². The highest BCUT2D eigenvalue weighted by Crippen LogP contribution is 2.24. The Balaban J connectivity index is 1.57. The Morgan fingerprint density at radius 1 is 1.24 bits per heavy atom. The molecule has 2 heterocycles. The third-order valence-electron chi connectivity index (χ3n) is 6.49. The number of aromatic nitrogens is 1. The quantitative estimate of drug-likeness (QED) is 0.121. The summed E-state index contributed by atoms with van der Waals surface area (Å²) >= 11 is 0. The van der Waals surface area contributed by atoms with E-state index in [4.69, 9.17) is 11.1 Å². The smallest absolute Gasteiger partial charge is 0.289 e. The number of hydrogen-bond donors (Lipinski definition) is 5. The molecule has 0 radical (unpaired) electrons. The number of para-hydroxylation sites is 2. The summed E-state index contributed by atoms with van der Waals surface area (Å²) in [4.78, 5) is 28.3. The highest BCUT2D eigenvalue weighted by molar-refractivity contribution is 7.89. The Kier molecular flexibility index (Phi) is 7.74. The molecule has 1 aliphatic heterocycles. The summed E-state index contributed by atoms with van der Waals surface area (Å²) in [7, 11) is -4.42. The van der Waals surface area contributed by atoms with Gasteiger partial charge < -0.3 is 20.9 Å². The summed E-state index contributed by atoms with van der Waals surface area (Å²) < 4.78 is 28.9. The molecule has 2 atom stereocenters. The molecule has 0 saturated carbocycles. The number of rotatable bonds is 9. The van der Waals surface area contributed by atoms with E-state index in [1.165, 1.54) is 12.1 Å². The Hall–Kier alpha value is -3.97. The highest BCUT2D eigenvalue weighted by atomic mass is 32.2. The van der Waals surface area contributed by atoms with Gasteiger partial charge in [-0.1, -0.05) is 30.3 Å². The Labute approximate surface area is 213 Å². The fourth-order valence-electron chi connectivity index (χ4n) is 4.61. The number of fused-ring (bicyclic) bond motifs is 1. The standard InChI is InChI=1S/C24H29N7O5S/c25-24(26)30-11-5-6-16(15-30)13-28-23(32)20(12-17-14-27-19-8-2-1-7-18(17)19)29-37(35,36)22-10-4-3-9-21(22)31(33)34/h1-4,7-10,14,16,20,27,29H,5-6,11-13,15H2,(H3,25,26)(H,28,32). The van der Waals surface area contributed by atoms with E-state index >= 15 is 0 Å². The van der Waals surface area contributed by atoms with Crippen molar-refractivity contribution in [2.45, 2.75) is 30.2 Å². The second kappa shape index (κ2) is 11.0. The van der Waals surface area contributed by atoms with Crippen molar-refractivity contribution in [3.63, 3.8) is 0 Å². The molecule has 2 unspecified atom stereocenters. The zero-order valence-electron chi connectivity index (χ0n) is 20.0. The molecule has 12 nitrogen and oxygen atoms in total. The molecule has 1 aromatic heterocycles. The van der Waals surface area contributed by atoms with Crippen LogP contribution in [0.1, 0.15) is 18.4 Å². The molecular weight excluding hydrogens is 498 g/mol. The number of carbonyl (C=O) groups excluding carboxylic acids is 1. The minimum Gasteiger partial charge on any atom is -0.370 e. The second-order valence-electron chi connectivity index (χ2n) is 9.05. The van der Waals surface area contributed by atoms with Crippen LogP contribution in [0, 0.1) is 21.4 Å². The molecule has 0 bridgehead atoms. The molecule has 37 heavy (non-hydrogen) atoms. The minimum atomic E-state index is -4.42. The first-order valence-corrected chi connectivity index (χ1v) is 13.3. The van der Waals surface area contributed by atoms with Gasteiger partial charge in [0.25, 0.3) is 5.69 Å². The average Bonchev–Trinajstić information content (AvgIpc) is 3.29. The van der Waals surface area contributed by atoms with Crippen molar-refractivity contribution in [3.8, 4) is 0 Å². The van der Waals surface area contributed by atoms with Crippen molar-refractivity contribution in [2.24, 2.45) is 11.7 Å². The number of benzene rings is 2. The van der Waals surface area contributed by atoms with E-state index < -0.39 is 37.5 Å². The molecule has 1 saturated heterocycles. The van der Waals surface area contributed by atoms with Crippen LogP contribution in [0.4, 0.5) is 5.69 Å². The van der Waals surface area contributed by atoms with Crippen LogP contribution in [0.2, 0.25) is 0 Å². The number of nitro benzene ring substituents is 1. The average molecular weight is 528 g/mol. The number of carbonyl (C=O) groups is 1. The van der Waals surface area contributed by atoms with E-state index in [9.17, 15) is 23.3 Å². The normalized spacial score (nSPS) is 16.9. The third kappa shape index (κ3) is 6.06. The lowest BCUT2D eigenvalue weighted by Gasteiger charge is -2.33. The van der Waals surface area contributed by atoms with Gasteiger partial charge in [-0.3, -0.25) is 20.3 Å². The Morgan fingerprint density at radius 3 is 2.73 bits per heavy atom. The molecule has 1 fully saturated rings. The maximum Gasteiger partial charge on any atom is 0.289 e. The molecule has 196 valence electrons. The van der Waals surface area contributed by atoms with Crippen LogP contribution in [0.5, 0.6) is 0 Å². The van der Waals surface area contributed by atoms with Gasteiger partial charge in [-0.15, -0.1) is 0 Å². The zero-order chi connectivity index (χ0) is 26.6. The van der Waals surface area contributed by atoms with Crippen LogP contribution in [0.15, 0.2) is 59.6 Å². The van der Waals surface area contributed by atoms with Crippen LogP contribution >= 0.6 is 0 Å². The van der Waals surface area contributed by atoms with E-state index in [0.717, 1.165) is 41.4 Å². The number of nitrogens with zero attached hydrogens (tertiary/aromatic N) is 2. The molecule has 1 amide bonds. The number of amides is 1. The Bertz CT molecular complexity index is 1420. The first-order chi connectivity index (χ1) is 17.7. The lowest BCUT2D eigenvalue weighted by atomic mass is 9.98. The van der Waals surface area contributed by atoms with Gasteiger partial charge >= 0.3 is 0 Å². The number of sulfonamides is 1. The van der Waals surface area contributed by atoms with Crippen LogP contribution in [-0.4, -0.2) is 60.8 Å². The number of nitrogens with one attached hydrogen (secondary N) is 4. The summed E-state index contributed by atoms with van der Waals surface area (Å²) in [5.41, 5.74) is 6.59. The molecular formula is C24H29N7O5S. The van der Waals surface area contributed by atoms with Gasteiger partial charge in [0.2, 0.25) is 15.9 Å². The first kappa shape index (κ1) is 26.1. The van der Waals surface area contributed by atoms with E-state index in [1.807, 2.05) is 24.3 Å². The number of piperidine rings is 1. The zero-order valence-corrected chi connectivity index (χ0v) is 20.8. The summed E-state index contributed by atoms with van der Waals surface area (Å²) in [6.45, 7) is 1.48. The lowest BCUT2D eigenvalue weighted by Crippen LogP contribution is -2.51. The van der Waals surface area contributed by atoms with Crippen molar-refractivity contribution < 1.29 is 18.1 Å². The number of nitrogens with two attached hydrogens (primary N) is 1. The topological polar surface area (TPSA) is 187 Å². The fourth-order valence-corrected chi connectivity index (χ4v) is 5.98. The highest BCUT2D eigenvalue weighted by Gasteiger charge is 2.32. The predicted octanol–water partition coefficient (Wildman–Crippen LogP) is 1.69. The molecule has 3 aromatic rings. The third-order valence-corrected chi connectivity index (χ3v) is 8.01. The second-order valence-corrected chi connectivity index (χ2v) is 10.7. The monoisotopic (exact) mass is 527 g/mol. The predicted molar refractivity (Wildman–Crippen MR) is 138 cm³/mol. The summed E-state index contributed by atoms with van der Waals surface area (Å²) in [5, 5.41) is 22.8. The largest absolute Gasteiger partial charge is 0.370 e. The van der Waals surface area contributed by atoms with Crippen molar-refractivity contribution in [2.75, 3.05) is 19.6 Å². The fraction of sp³-hybridized carbons (Fsp3) is 0.333. The van der Waals surface area contributed by atoms with Gasteiger partial charge in [-0.25, -0.2) is 8.42 Å². The first-order valence-electron chi connectivity index (χ1n) is 11.8. The van der Waals surface area contributed by atoms with Crippen molar-refractivity contribution in [1.82, 2.24) is 19.9 Å². The summed E-state index contributed by atoms with van der Waals surface area (Å²) in [6.07, 6.45) is 3.40. The maximum atomic E-state index is 13.3. The molecule has 4 rings (SSSR count). The molecule has 0 spiro atoms. The van der Waals surface area contributed by atoms with Gasteiger partial charge in [0.15, 0.2) is 10.9 Å². The molecule has 0 aliphatic carbocycles. The van der Waals surface area contributed by atoms with Crippen LogP contribution in [-0.2, 0) is 21.2 Å². The number of hydrogen-bond acceptors (Lipinski definition) is 6. The van der Waals surface area contributed by atoms with Crippen molar-refractivity contribution >= 4 is 38.5 Å². The molecule has 2 aromatic carbocycles. The van der Waals surface area contributed by atoms with Gasteiger partial charge in [-0.05, 0) is 42.9 Å². The lowest BCUT2D eigenvalue weighted by molar-refractivity contribution is -0.387. The van der Waals surface area contributed by atoms with Crippen LogP contribution < -0.4 is 15.8 Å². The van der Waals surface area contributed by atoms with E-state index in [-0.39, 0.29) is 24.8 Å². The van der Waals surface area contributed by atoms with Crippen molar-refractivity contribution in [1.29, 1.82) is 5.41 Å². The number of H-pyrrole nitrogens is 1. The summed E-state index contributed by atoms with van der Waals surface area (Å²) in [5.74, 6) is -0.528. The van der Waals surface area contributed by atoms with E-state index in [2.05, 4.69) is 15.0 Å². The number of nitro groups is 1. The maximum absolute atomic E-state index is 13.3. The van der Waals surface area contributed by atoms with Gasteiger partial charge in [0, 0.05) is 42.8 Å². The Morgan fingerprint density at radius 2 is 1.97 bits per heavy atom. The van der Waals surface area contributed by atoms with E-state index in [1.54, 1.807) is 11.1 Å². The molecule has 1 aliphatic rings. The SMILES string of the molecule is N=C(N)N1CCCC(CNC(=O)C(Cc2c[nH]c3ccccc23)NS(=O)(=O)c2ccccc2[N+](=O)[O-])C1. The number of aromatic amines is 1. The van der Waals surface area contributed by atoms with Crippen molar-refractivity contribution in [3.05, 3.63) is 70.4 Å². The minimum absolute atomic E-state index is 0.0227. The van der Waals surface area contributed by atoms with Gasteiger partial charge in [0.1, 0.15) is 6.04 Å². The number of likely N-dealkylation sites (tertiary alicyclic amines) is 1.